The molecule has 0 spiro atoms. The Kier molecular flexibility index (Phi) is 4.21. The van der Waals surface area contributed by atoms with E-state index in [1.165, 1.54) is 12.1 Å². The Labute approximate surface area is 89.5 Å². The van der Waals surface area contributed by atoms with Gasteiger partial charge in [0, 0.05) is 5.56 Å². The van der Waals surface area contributed by atoms with Crippen LogP contribution in [0.3, 0.4) is 0 Å². The van der Waals surface area contributed by atoms with E-state index in [-0.39, 0.29) is 12.1 Å². The smallest absolute Gasteiger partial charge is 0.285 e. The van der Waals surface area contributed by atoms with Gasteiger partial charge in [0.05, 0.1) is 6.54 Å². The molecule has 84 valence electrons. The van der Waals surface area contributed by atoms with Crippen molar-refractivity contribution in [1.29, 1.82) is 0 Å². The second-order valence-corrected chi connectivity index (χ2v) is 4.10. The van der Waals surface area contributed by atoms with Crippen molar-refractivity contribution in [2.24, 2.45) is 5.92 Å². The Morgan fingerprint density at radius 1 is 1.20 bits per heavy atom. The lowest BCUT2D eigenvalue weighted by molar-refractivity contribution is -0.00353. The predicted octanol–water partition coefficient (Wildman–Crippen LogP) is 3.02. The maximum absolute atomic E-state index is 13.5. The van der Waals surface area contributed by atoms with Gasteiger partial charge in [0.15, 0.2) is 0 Å². The lowest BCUT2D eigenvalue weighted by Gasteiger charge is -2.18. The summed E-state index contributed by atoms with van der Waals surface area (Å²) in [5.74, 6) is -2.40. The Bertz CT molecular complexity index is 283. The summed E-state index contributed by atoms with van der Waals surface area (Å²) in [7, 11) is 0. The van der Waals surface area contributed by atoms with Gasteiger partial charge in [-0.05, 0) is 12.5 Å². The van der Waals surface area contributed by atoms with Crippen molar-refractivity contribution < 1.29 is 8.78 Å². The molecule has 1 nitrogen and oxygen atoms in total. The summed E-state index contributed by atoms with van der Waals surface area (Å²) in [6, 6.07) is 7.91. The predicted molar refractivity (Wildman–Crippen MR) is 58.0 cm³/mol. The first-order valence-electron chi connectivity index (χ1n) is 5.16. The van der Waals surface area contributed by atoms with Gasteiger partial charge in [-0.2, -0.15) is 8.78 Å². The van der Waals surface area contributed by atoms with Crippen LogP contribution < -0.4 is 5.32 Å². The van der Waals surface area contributed by atoms with Crippen LogP contribution in [0.1, 0.15) is 19.4 Å². The standard InChI is InChI=1S/C12H17F2N/c1-10(2)8-15-9-12(13,14)11-6-4-3-5-7-11/h3-7,10,15H,8-9H2,1-2H3. The van der Waals surface area contributed by atoms with Crippen molar-refractivity contribution in [3.63, 3.8) is 0 Å². The summed E-state index contributed by atoms with van der Waals surface area (Å²) in [6.45, 7) is 4.30. The van der Waals surface area contributed by atoms with Crippen molar-refractivity contribution in [1.82, 2.24) is 5.32 Å². The van der Waals surface area contributed by atoms with E-state index in [0.29, 0.717) is 12.5 Å². The minimum Gasteiger partial charge on any atom is -0.311 e. The minimum absolute atomic E-state index is 0.0706. The molecule has 0 unspecified atom stereocenters. The third-order valence-corrected chi connectivity index (χ3v) is 2.10. The van der Waals surface area contributed by atoms with Crippen molar-refractivity contribution >= 4 is 0 Å². The molecular formula is C12H17F2N. The fourth-order valence-electron chi connectivity index (χ4n) is 1.30. The van der Waals surface area contributed by atoms with Gasteiger partial charge < -0.3 is 5.32 Å². The van der Waals surface area contributed by atoms with E-state index in [9.17, 15) is 8.78 Å². The number of nitrogens with one attached hydrogen (secondary N) is 1. The van der Waals surface area contributed by atoms with Crippen molar-refractivity contribution in [3.05, 3.63) is 35.9 Å². The molecule has 1 aromatic carbocycles. The fourth-order valence-corrected chi connectivity index (χ4v) is 1.30. The number of hydrogen-bond acceptors (Lipinski definition) is 1. The van der Waals surface area contributed by atoms with E-state index in [1.54, 1.807) is 18.2 Å². The summed E-state index contributed by atoms with van der Waals surface area (Å²) in [5.41, 5.74) is 0.0706. The molecule has 1 aromatic rings. The van der Waals surface area contributed by atoms with Gasteiger partial charge in [-0.1, -0.05) is 44.2 Å². The number of rotatable bonds is 5. The Balaban J connectivity index is 2.52. The highest BCUT2D eigenvalue weighted by molar-refractivity contribution is 5.20. The molecule has 0 aromatic heterocycles. The van der Waals surface area contributed by atoms with E-state index in [1.807, 2.05) is 13.8 Å². The van der Waals surface area contributed by atoms with Gasteiger partial charge in [0.2, 0.25) is 0 Å². The molecule has 1 N–H and O–H groups in total. The van der Waals surface area contributed by atoms with Crippen LogP contribution in [0.25, 0.3) is 0 Å². The monoisotopic (exact) mass is 213 g/mol. The summed E-state index contributed by atoms with van der Waals surface area (Å²) in [6.07, 6.45) is 0. The van der Waals surface area contributed by atoms with Crippen molar-refractivity contribution in [3.8, 4) is 0 Å². The second kappa shape index (κ2) is 5.21. The summed E-state index contributed by atoms with van der Waals surface area (Å²) in [4.78, 5) is 0. The third-order valence-electron chi connectivity index (χ3n) is 2.10. The van der Waals surface area contributed by atoms with E-state index in [2.05, 4.69) is 5.32 Å². The third kappa shape index (κ3) is 3.96. The molecule has 0 amide bonds. The van der Waals surface area contributed by atoms with Crippen LogP contribution in [-0.4, -0.2) is 13.1 Å². The second-order valence-electron chi connectivity index (χ2n) is 4.10. The zero-order valence-corrected chi connectivity index (χ0v) is 9.13. The quantitative estimate of drug-likeness (QED) is 0.792. The van der Waals surface area contributed by atoms with Gasteiger partial charge in [0.25, 0.3) is 5.92 Å². The lowest BCUT2D eigenvalue weighted by Crippen LogP contribution is -2.32. The molecule has 0 fully saturated rings. The molecule has 0 aliphatic rings. The number of alkyl halides is 2. The van der Waals surface area contributed by atoms with Crippen LogP contribution in [0.5, 0.6) is 0 Å². The van der Waals surface area contributed by atoms with E-state index in [4.69, 9.17) is 0 Å². The SMILES string of the molecule is CC(C)CNCC(F)(F)c1ccccc1. The first kappa shape index (κ1) is 12.1. The molecule has 0 aliphatic carbocycles. The molecule has 0 heterocycles. The van der Waals surface area contributed by atoms with Gasteiger partial charge in [-0.15, -0.1) is 0 Å². The molecule has 0 aliphatic heterocycles. The highest BCUT2D eigenvalue weighted by Gasteiger charge is 2.30. The Morgan fingerprint density at radius 3 is 2.33 bits per heavy atom. The van der Waals surface area contributed by atoms with Crippen LogP contribution in [0.4, 0.5) is 8.78 Å². The Hall–Kier alpha value is -0.960. The van der Waals surface area contributed by atoms with Crippen LogP contribution in [0.2, 0.25) is 0 Å². The molecule has 0 saturated carbocycles. The van der Waals surface area contributed by atoms with Crippen LogP contribution in [0, 0.1) is 5.92 Å². The minimum atomic E-state index is -2.78. The number of halogens is 2. The highest BCUT2D eigenvalue weighted by atomic mass is 19.3. The molecule has 3 heteroatoms. The average molecular weight is 213 g/mol. The zero-order valence-electron chi connectivity index (χ0n) is 9.13. The first-order chi connectivity index (χ1) is 7.02. The van der Waals surface area contributed by atoms with E-state index < -0.39 is 5.92 Å². The van der Waals surface area contributed by atoms with Crippen molar-refractivity contribution in [2.45, 2.75) is 19.8 Å². The molecular weight excluding hydrogens is 196 g/mol. The normalized spacial score (nSPS) is 12.1. The maximum atomic E-state index is 13.5. The topological polar surface area (TPSA) is 12.0 Å². The fraction of sp³-hybridized carbons (Fsp3) is 0.500. The van der Waals surface area contributed by atoms with Gasteiger partial charge in [-0.25, -0.2) is 0 Å². The summed E-state index contributed by atoms with van der Waals surface area (Å²) in [5, 5.41) is 2.77. The average Bonchev–Trinajstić information content (AvgIpc) is 2.18. The first-order valence-corrected chi connectivity index (χ1v) is 5.16. The number of hydrogen-bond donors (Lipinski definition) is 1. The molecule has 1 rings (SSSR count). The lowest BCUT2D eigenvalue weighted by atomic mass is 10.1. The van der Waals surface area contributed by atoms with Crippen LogP contribution >= 0.6 is 0 Å². The van der Waals surface area contributed by atoms with Gasteiger partial charge >= 0.3 is 0 Å². The molecule has 0 saturated heterocycles. The van der Waals surface area contributed by atoms with Crippen molar-refractivity contribution in [2.75, 3.05) is 13.1 Å². The summed E-state index contributed by atoms with van der Waals surface area (Å²) >= 11 is 0. The molecule has 0 bridgehead atoms. The molecule has 15 heavy (non-hydrogen) atoms. The maximum Gasteiger partial charge on any atom is 0.285 e. The van der Waals surface area contributed by atoms with Gasteiger partial charge in [-0.3, -0.25) is 0 Å². The Morgan fingerprint density at radius 2 is 1.80 bits per heavy atom. The highest BCUT2D eigenvalue weighted by Crippen LogP contribution is 2.26. The van der Waals surface area contributed by atoms with Gasteiger partial charge in [0.1, 0.15) is 0 Å². The largest absolute Gasteiger partial charge is 0.311 e. The van der Waals surface area contributed by atoms with E-state index >= 15 is 0 Å². The van der Waals surface area contributed by atoms with Crippen LogP contribution in [0.15, 0.2) is 30.3 Å². The van der Waals surface area contributed by atoms with Crippen LogP contribution in [-0.2, 0) is 5.92 Å². The molecule has 0 atom stereocenters. The number of benzene rings is 1. The summed E-state index contributed by atoms with van der Waals surface area (Å²) < 4.78 is 27.1. The van der Waals surface area contributed by atoms with E-state index in [0.717, 1.165) is 0 Å². The zero-order chi connectivity index (χ0) is 11.3. The molecule has 0 radical (unpaired) electrons.